The molecule has 35 heavy (non-hydrogen) atoms. The first-order valence-corrected chi connectivity index (χ1v) is 13.1. The Morgan fingerprint density at radius 2 is 1.86 bits per heavy atom. The van der Waals surface area contributed by atoms with Crippen molar-refractivity contribution in [2.24, 2.45) is 5.10 Å². The van der Waals surface area contributed by atoms with Gasteiger partial charge in [0.05, 0.1) is 41.4 Å². The van der Waals surface area contributed by atoms with Crippen molar-refractivity contribution in [3.8, 4) is 5.75 Å². The van der Waals surface area contributed by atoms with Crippen LogP contribution in [0, 0.1) is 0 Å². The van der Waals surface area contributed by atoms with Gasteiger partial charge in [0.1, 0.15) is 12.3 Å². The molecule has 2 amide bonds. The fraction of sp³-hybridized carbons (Fsp3) is 0.318. The van der Waals surface area contributed by atoms with Gasteiger partial charge < -0.3 is 14.4 Å². The highest BCUT2D eigenvalue weighted by Gasteiger charge is 2.24. The molecule has 0 spiro atoms. The zero-order valence-corrected chi connectivity index (χ0v) is 21.1. The SMILES string of the molecule is CS(=O)(=O)N(CC(=O)N/N=C/c1ccc(OCC(=O)N2CCOCC2)cc1)c1cccc(Cl)c1Cl. The third kappa shape index (κ3) is 7.82. The van der Waals surface area contributed by atoms with E-state index in [4.69, 9.17) is 32.7 Å². The van der Waals surface area contributed by atoms with Crippen molar-refractivity contribution in [1.29, 1.82) is 0 Å². The normalized spacial score (nSPS) is 14.1. The van der Waals surface area contributed by atoms with Gasteiger partial charge in [-0.1, -0.05) is 29.3 Å². The van der Waals surface area contributed by atoms with Gasteiger partial charge >= 0.3 is 0 Å². The zero-order chi connectivity index (χ0) is 25.4. The van der Waals surface area contributed by atoms with Gasteiger partial charge in [-0.25, -0.2) is 13.8 Å². The molecule has 1 saturated heterocycles. The number of carbonyl (C=O) groups excluding carboxylic acids is 2. The summed E-state index contributed by atoms with van der Waals surface area (Å²) in [6, 6.07) is 11.2. The van der Waals surface area contributed by atoms with E-state index in [1.54, 1.807) is 29.2 Å². The van der Waals surface area contributed by atoms with Crippen molar-refractivity contribution >= 4 is 56.9 Å². The Morgan fingerprint density at radius 3 is 2.51 bits per heavy atom. The number of sulfonamides is 1. The minimum absolute atomic E-state index is 0.0184. The summed E-state index contributed by atoms with van der Waals surface area (Å²) < 4.78 is 36.0. The second-order valence-electron chi connectivity index (χ2n) is 7.49. The highest BCUT2D eigenvalue weighted by molar-refractivity contribution is 7.92. The fourth-order valence-corrected chi connectivity index (χ4v) is 4.42. The maximum atomic E-state index is 12.3. The smallest absolute Gasteiger partial charge is 0.260 e. The maximum Gasteiger partial charge on any atom is 0.260 e. The highest BCUT2D eigenvalue weighted by atomic mass is 35.5. The Labute approximate surface area is 213 Å². The predicted octanol–water partition coefficient (Wildman–Crippen LogP) is 2.15. The molecule has 0 bridgehead atoms. The molecule has 2 aromatic carbocycles. The lowest BCUT2D eigenvalue weighted by Crippen LogP contribution is -2.42. The molecule has 0 aliphatic carbocycles. The van der Waals surface area contributed by atoms with Gasteiger partial charge in [-0.05, 0) is 42.0 Å². The van der Waals surface area contributed by atoms with Crippen LogP contribution in [0.15, 0.2) is 47.6 Å². The molecule has 1 aliphatic rings. The van der Waals surface area contributed by atoms with E-state index in [9.17, 15) is 18.0 Å². The predicted molar refractivity (Wildman–Crippen MR) is 134 cm³/mol. The minimum Gasteiger partial charge on any atom is -0.484 e. The molecular formula is C22H24Cl2N4O6S. The summed E-state index contributed by atoms with van der Waals surface area (Å²) in [6.07, 6.45) is 2.34. The average molecular weight is 543 g/mol. The van der Waals surface area contributed by atoms with Crippen molar-refractivity contribution < 1.29 is 27.5 Å². The van der Waals surface area contributed by atoms with Crippen LogP contribution in [0.4, 0.5) is 5.69 Å². The first kappa shape index (κ1) is 26.7. The Bertz CT molecular complexity index is 1180. The van der Waals surface area contributed by atoms with Crippen LogP contribution >= 0.6 is 23.2 Å². The molecule has 188 valence electrons. The number of hydrazone groups is 1. The minimum atomic E-state index is -3.82. The van der Waals surface area contributed by atoms with Crippen LogP contribution < -0.4 is 14.5 Å². The van der Waals surface area contributed by atoms with Gasteiger partial charge in [0, 0.05) is 13.1 Å². The van der Waals surface area contributed by atoms with Gasteiger partial charge in [-0.15, -0.1) is 0 Å². The van der Waals surface area contributed by atoms with E-state index in [2.05, 4.69) is 10.5 Å². The maximum absolute atomic E-state index is 12.3. The van der Waals surface area contributed by atoms with Gasteiger partial charge in [0.25, 0.3) is 11.8 Å². The number of rotatable bonds is 9. The van der Waals surface area contributed by atoms with E-state index >= 15 is 0 Å². The summed E-state index contributed by atoms with van der Waals surface area (Å²) in [4.78, 5) is 26.2. The van der Waals surface area contributed by atoms with Gasteiger partial charge in [0.2, 0.25) is 10.0 Å². The molecule has 0 radical (unpaired) electrons. The van der Waals surface area contributed by atoms with E-state index in [1.165, 1.54) is 24.4 Å². The van der Waals surface area contributed by atoms with Crippen molar-refractivity contribution in [1.82, 2.24) is 10.3 Å². The first-order valence-electron chi connectivity index (χ1n) is 10.5. The molecule has 1 heterocycles. The number of hydrogen-bond donors (Lipinski definition) is 1. The van der Waals surface area contributed by atoms with Crippen LogP contribution in [-0.4, -0.2) is 77.1 Å². The standard InChI is InChI=1S/C22H24Cl2N4O6S/c1-35(31,32)28(19-4-2-3-18(23)22(19)24)14-20(29)26-25-13-16-5-7-17(8-6-16)34-15-21(30)27-9-11-33-12-10-27/h2-8,13H,9-12,14-15H2,1H3,(H,26,29)/b25-13+. The topological polar surface area (TPSA) is 118 Å². The lowest BCUT2D eigenvalue weighted by molar-refractivity contribution is -0.137. The molecule has 1 fully saturated rings. The summed E-state index contributed by atoms with van der Waals surface area (Å²) >= 11 is 12.1. The molecule has 10 nitrogen and oxygen atoms in total. The second-order valence-corrected chi connectivity index (χ2v) is 10.2. The van der Waals surface area contributed by atoms with E-state index in [0.717, 1.165) is 10.6 Å². The summed E-state index contributed by atoms with van der Waals surface area (Å²) in [5, 5.41) is 4.04. The highest BCUT2D eigenvalue weighted by Crippen LogP contribution is 2.33. The van der Waals surface area contributed by atoms with Crippen molar-refractivity contribution in [2.75, 3.05) is 50.0 Å². The zero-order valence-electron chi connectivity index (χ0n) is 18.8. The van der Waals surface area contributed by atoms with E-state index < -0.39 is 22.5 Å². The van der Waals surface area contributed by atoms with Crippen LogP contribution in [0.5, 0.6) is 5.75 Å². The van der Waals surface area contributed by atoms with Gasteiger partial charge in [-0.3, -0.25) is 13.9 Å². The van der Waals surface area contributed by atoms with Crippen molar-refractivity contribution in [2.45, 2.75) is 0 Å². The molecule has 0 aromatic heterocycles. The van der Waals surface area contributed by atoms with E-state index in [-0.39, 0.29) is 28.2 Å². The number of carbonyl (C=O) groups is 2. The number of nitrogens with zero attached hydrogens (tertiary/aromatic N) is 3. The fourth-order valence-electron chi connectivity index (χ4n) is 3.11. The van der Waals surface area contributed by atoms with Crippen LogP contribution in [-0.2, 0) is 24.3 Å². The lowest BCUT2D eigenvalue weighted by atomic mass is 10.2. The Kier molecular flexibility index (Phi) is 9.33. The molecule has 0 atom stereocenters. The van der Waals surface area contributed by atoms with Crippen molar-refractivity contribution in [3.05, 3.63) is 58.1 Å². The largest absolute Gasteiger partial charge is 0.484 e. The Morgan fingerprint density at radius 1 is 1.17 bits per heavy atom. The molecule has 3 rings (SSSR count). The third-order valence-corrected chi connectivity index (χ3v) is 6.83. The Balaban J connectivity index is 1.53. The lowest BCUT2D eigenvalue weighted by Gasteiger charge is -2.26. The number of nitrogens with one attached hydrogen (secondary N) is 1. The Hall–Kier alpha value is -2.86. The number of ether oxygens (including phenoxy) is 2. The summed E-state index contributed by atoms with van der Waals surface area (Å²) in [6.45, 7) is 1.54. The van der Waals surface area contributed by atoms with Crippen LogP contribution in [0.1, 0.15) is 5.56 Å². The number of amides is 2. The number of anilines is 1. The van der Waals surface area contributed by atoms with E-state index in [1.807, 2.05) is 0 Å². The number of halogens is 2. The molecule has 1 N–H and O–H groups in total. The van der Waals surface area contributed by atoms with Crippen LogP contribution in [0.25, 0.3) is 0 Å². The number of morpholine rings is 1. The second kappa shape index (κ2) is 12.2. The summed E-state index contributed by atoms with van der Waals surface area (Å²) in [5.41, 5.74) is 3.02. The van der Waals surface area contributed by atoms with Crippen LogP contribution in [0.3, 0.4) is 0 Å². The average Bonchev–Trinajstić information content (AvgIpc) is 2.83. The molecule has 0 unspecified atom stereocenters. The quantitative estimate of drug-likeness (QED) is 0.383. The summed E-state index contributed by atoms with van der Waals surface area (Å²) in [5.74, 6) is -0.275. The monoisotopic (exact) mass is 542 g/mol. The van der Waals surface area contributed by atoms with Crippen LogP contribution in [0.2, 0.25) is 10.0 Å². The molecule has 13 heteroatoms. The molecule has 1 aliphatic heterocycles. The van der Waals surface area contributed by atoms with Crippen molar-refractivity contribution in [3.63, 3.8) is 0 Å². The molecular weight excluding hydrogens is 519 g/mol. The third-order valence-electron chi connectivity index (χ3n) is 4.90. The van der Waals surface area contributed by atoms with E-state index in [0.29, 0.717) is 37.6 Å². The van der Waals surface area contributed by atoms with Gasteiger partial charge in [-0.2, -0.15) is 5.10 Å². The first-order chi connectivity index (χ1) is 16.6. The summed E-state index contributed by atoms with van der Waals surface area (Å²) in [7, 11) is -3.82. The number of benzene rings is 2. The number of hydrogen-bond acceptors (Lipinski definition) is 7. The molecule has 2 aromatic rings. The van der Waals surface area contributed by atoms with Gasteiger partial charge in [0.15, 0.2) is 6.61 Å². The molecule has 0 saturated carbocycles.